The summed E-state index contributed by atoms with van der Waals surface area (Å²) in [7, 11) is 1.89. The van der Waals surface area contributed by atoms with Gasteiger partial charge in [-0.25, -0.2) is 4.79 Å². The van der Waals surface area contributed by atoms with Crippen LogP contribution in [0.25, 0.3) is 0 Å². The van der Waals surface area contributed by atoms with Crippen LogP contribution in [0.3, 0.4) is 0 Å². The minimum atomic E-state index is -1.33. The van der Waals surface area contributed by atoms with Crippen LogP contribution in [0.1, 0.15) is 25.7 Å². The largest absolute Gasteiger partial charge is 0.480 e. The summed E-state index contributed by atoms with van der Waals surface area (Å²) in [6.45, 7) is 4.66. The van der Waals surface area contributed by atoms with Crippen molar-refractivity contribution in [2.24, 2.45) is 0 Å². The molecule has 1 heterocycles. The van der Waals surface area contributed by atoms with Crippen molar-refractivity contribution in [2.45, 2.75) is 31.7 Å². The van der Waals surface area contributed by atoms with Crippen LogP contribution in [0.15, 0.2) is 0 Å². The van der Waals surface area contributed by atoms with E-state index in [4.69, 9.17) is 14.2 Å². The predicted octanol–water partition coefficient (Wildman–Crippen LogP) is -3.02. The molecule has 0 spiro atoms. The number of carboxylic acids is 4. The van der Waals surface area contributed by atoms with E-state index >= 15 is 0 Å². The van der Waals surface area contributed by atoms with Gasteiger partial charge in [-0.3, -0.25) is 43.6 Å². The molecule has 300 valence electrons. The summed E-state index contributed by atoms with van der Waals surface area (Å²) in [5.41, 5.74) is 0. The molecule has 20 heteroatoms. The monoisotopic (exact) mass is 749 g/mol. The van der Waals surface area contributed by atoms with E-state index in [0.717, 1.165) is 13.0 Å². The zero-order valence-electron chi connectivity index (χ0n) is 30.3. The Balaban J connectivity index is 2.55. The van der Waals surface area contributed by atoms with Gasteiger partial charge in [0.2, 0.25) is 11.8 Å². The van der Waals surface area contributed by atoms with E-state index in [1.54, 1.807) is 19.6 Å². The van der Waals surface area contributed by atoms with Gasteiger partial charge in [0.1, 0.15) is 6.04 Å². The molecule has 1 saturated heterocycles. The summed E-state index contributed by atoms with van der Waals surface area (Å²) >= 11 is 0. The molecule has 0 unspecified atom stereocenters. The lowest BCUT2D eigenvalue weighted by atomic mass is 10.1. The second-order valence-corrected chi connectivity index (χ2v) is 12.3. The van der Waals surface area contributed by atoms with Gasteiger partial charge in [-0.05, 0) is 32.9 Å². The zero-order chi connectivity index (χ0) is 38.6. The summed E-state index contributed by atoms with van der Waals surface area (Å²) < 4.78 is 16.3. The third kappa shape index (κ3) is 25.5. The first kappa shape index (κ1) is 46.5. The Morgan fingerprint density at radius 2 is 0.942 bits per heavy atom. The Kier molecular flexibility index (Phi) is 26.0. The minimum absolute atomic E-state index is 0.139. The van der Waals surface area contributed by atoms with Crippen LogP contribution in [0, 0.1) is 0 Å². The molecule has 1 atom stereocenters. The zero-order valence-corrected chi connectivity index (χ0v) is 30.3. The lowest BCUT2D eigenvalue weighted by Gasteiger charge is -2.33. The van der Waals surface area contributed by atoms with E-state index in [-0.39, 0.29) is 97.3 Å². The number of aliphatic carboxylic acids is 4. The fraction of sp³-hybridized carbons (Fsp3) is 0.812. The Morgan fingerprint density at radius 1 is 0.558 bits per heavy atom. The van der Waals surface area contributed by atoms with Gasteiger partial charge in [-0.2, -0.15) is 0 Å². The number of carboxylic acid groups (broad SMARTS) is 4. The summed E-state index contributed by atoms with van der Waals surface area (Å²) in [5.74, 6) is -5.53. The number of amides is 2. The fourth-order valence-electron chi connectivity index (χ4n) is 5.14. The van der Waals surface area contributed by atoms with Crippen molar-refractivity contribution in [1.82, 2.24) is 35.6 Å². The van der Waals surface area contributed by atoms with Gasteiger partial charge in [0.15, 0.2) is 0 Å². The first-order valence-electron chi connectivity index (χ1n) is 17.6. The predicted molar refractivity (Wildman–Crippen MR) is 186 cm³/mol. The second-order valence-electron chi connectivity index (χ2n) is 12.3. The minimum Gasteiger partial charge on any atom is -0.480 e. The Morgan fingerprint density at radius 3 is 1.33 bits per heavy atom. The number of ether oxygens (including phenoxy) is 3. The lowest BCUT2D eigenvalue weighted by Crippen LogP contribution is -2.51. The van der Waals surface area contributed by atoms with Crippen molar-refractivity contribution < 1.29 is 63.4 Å². The first-order valence-corrected chi connectivity index (χ1v) is 17.6. The number of hydrogen-bond donors (Lipinski definition) is 7. The highest BCUT2D eigenvalue weighted by Crippen LogP contribution is 2.03. The number of nitrogens with zero attached hydrogens (tertiary/aromatic N) is 4. The van der Waals surface area contributed by atoms with Crippen molar-refractivity contribution in [3.63, 3.8) is 0 Å². The maximum Gasteiger partial charge on any atom is 0.326 e. The van der Waals surface area contributed by atoms with Crippen LogP contribution in [-0.4, -0.2) is 220 Å². The molecule has 0 aromatic carbocycles. The summed E-state index contributed by atoms with van der Waals surface area (Å²) in [4.78, 5) is 78.1. The molecule has 1 aliphatic heterocycles. The van der Waals surface area contributed by atoms with Crippen LogP contribution in [-0.2, 0) is 43.0 Å². The van der Waals surface area contributed by atoms with Gasteiger partial charge >= 0.3 is 23.9 Å². The molecule has 1 aliphatic rings. The van der Waals surface area contributed by atoms with Crippen molar-refractivity contribution >= 4 is 35.7 Å². The molecular formula is C32H59N7O13. The molecular weight excluding hydrogens is 690 g/mol. The molecule has 1 rings (SSSR count). The number of carbonyl (C=O) groups excluding carboxylic acids is 2. The van der Waals surface area contributed by atoms with Crippen molar-refractivity contribution in [3.8, 4) is 0 Å². The number of carbonyl (C=O) groups is 6. The van der Waals surface area contributed by atoms with Gasteiger partial charge in [0.25, 0.3) is 0 Å². The molecule has 1 fully saturated rings. The smallest absolute Gasteiger partial charge is 0.326 e. The molecule has 0 aliphatic carbocycles. The lowest BCUT2D eigenvalue weighted by molar-refractivity contribution is -0.142. The highest BCUT2D eigenvalue weighted by atomic mass is 16.5. The summed E-state index contributed by atoms with van der Waals surface area (Å²) in [6, 6.07) is -1.33. The Bertz CT molecular complexity index is 1040. The van der Waals surface area contributed by atoms with Crippen LogP contribution in [0.4, 0.5) is 0 Å². The van der Waals surface area contributed by atoms with Crippen LogP contribution < -0.4 is 16.0 Å². The summed E-state index contributed by atoms with van der Waals surface area (Å²) in [6.07, 6.45) is 1.20. The average molecular weight is 750 g/mol. The van der Waals surface area contributed by atoms with Gasteiger partial charge in [0.05, 0.1) is 52.6 Å². The Labute approximate surface area is 304 Å². The molecule has 0 saturated carbocycles. The maximum absolute atomic E-state index is 13.0. The third-order valence-corrected chi connectivity index (χ3v) is 7.91. The molecule has 0 radical (unpaired) electrons. The number of rotatable bonds is 27. The number of nitrogens with one attached hydrogen (secondary N) is 3. The van der Waals surface area contributed by atoms with E-state index in [0.29, 0.717) is 52.6 Å². The number of hydrogen-bond acceptors (Lipinski definition) is 14. The molecule has 0 bridgehead atoms. The van der Waals surface area contributed by atoms with Crippen molar-refractivity contribution in [2.75, 3.05) is 138 Å². The van der Waals surface area contributed by atoms with Gasteiger partial charge < -0.3 is 50.6 Å². The summed E-state index contributed by atoms with van der Waals surface area (Å²) in [5, 5.41) is 46.0. The third-order valence-electron chi connectivity index (χ3n) is 7.91. The fourth-order valence-corrected chi connectivity index (χ4v) is 5.14. The SMILES string of the molecule is CNCCCOCCOCCOCCCNC(=O)CC[C@H](NC(=O)CN1CCN(CC(=O)O)CCN(CC(=O)O)CCN(CC(=O)O)CC1)C(=O)O. The maximum atomic E-state index is 13.0. The normalized spacial score (nSPS) is 16.3. The van der Waals surface area contributed by atoms with Crippen LogP contribution >= 0.6 is 0 Å². The van der Waals surface area contributed by atoms with Crippen LogP contribution in [0.2, 0.25) is 0 Å². The van der Waals surface area contributed by atoms with Crippen molar-refractivity contribution in [3.05, 3.63) is 0 Å². The highest BCUT2D eigenvalue weighted by molar-refractivity contribution is 5.85. The van der Waals surface area contributed by atoms with Gasteiger partial charge in [-0.1, -0.05) is 0 Å². The molecule has 2 amide bonds. The van der Waals surface area contributed by atoms with E-state index in [1.165, 1.54) is 0 Å². The van der Waals surface area contributed by atoms with Crippen LogP contribution in [0.5, 0.6) is 0 Å². The van der Waals surface area contributed by atoms with Crippen molar-refractivity contribution in [1.29, 1.82) is 0 Å². The first-order chi connectivity index (χ1) is 24.9. The topological polar surface area (TPSA) is 260 Å². The van der Waals surface area contributed by atoms with Gasteiger partial charge in [-0.15, -0.1) is 0 Å². The molecule has 0 aromatic heterocycles. The van der Waals surface area contributed by atoms with E-state index in [1.807, 2.05) is 7.05 Å². The standard InChI is InChI=1S/C32H59N7O13/c1-33-6-2-16-50-18-20-52-21-19-51-17-3-7-34-27(40)5-4-26(32(48)49)35-28(41)22-36-8-10-37(23-29(42)43)12-14-39(25-31(46)47)15-13-38(11-9-36)24-30(44)45/h26,33H,2-25H2,1H3,(H,34,40)(H,35,41)(H,42,43)(H,44,45)(H,46,47)(H,48,49)/t26-/m0/s1. The molecule has 0 aromatic rings. The second kappa shape index (κ2) is 29.0. The van der Waals surface area contributed by atoms with E-state index in [9.17, 15) is 49.2 Å². The highest BCUT2D eigenvalue weighted by Gasteiger charge is 2.24. The Hall–Kier alpha value is -3.50. The molecule has 7 N–H and O–H groups in total. The average Bonchev–Trinajstić information content (AvgIpc) is 3.07. The van der Waals surface area contributed by atoms with Gasteiger partial charge in [0, 0.05) is 78.5 Å². The molecule has 52 heavy (non-hydrogen) atoms. The molecule has 20 nitrogen and oxygen atoms in total. The van der Waals surface area contributed by atoms with E-state index in [2.05, 4.69) is 16.0 Å². The van der Waals surface area contributed by atoms with E-state index < -0.39 is 35.8 Å². The quantitative estimate of drug-likeness (QED) is 0.0412.